The molecule has 0 bridgehead atoms. The minimum absolute atomic E-state index is 0.0395. The molecule has 5 rings (SSSR count). The SMILES string of the molecule is Cn1ncc2c(CO[C@H]3CNC(=O)C3)cc(-c3ccc4c(c3)c(N)nn4C)cc21. The van der Waals surface area contributed by atoms with Crippen molar-refractivity contribution in [3.05, 3.63) is 42.1 Å². The van der Waals surface area contributed by atoms with Crippen molar-refractivity contribution in [2.45, 2.75) is 19.1 Å². The lowest BCUT2D eigenvalue weighted by Gasteiger charge is -2.12. The van der Waals surface area contributed by atoms with E-state index in [-0.39, 0.29) is 12.0 Å². The van der Waals surface area contributed by atoms with Crippen LogP contribution < -0.4 is 11.1 Å². The van der Waals surface area contributed by atoms with Gasteiger partial charge in [-0.25, -0.2) is 0 Å². The highest BCUT2D eigenvalue weighted by molar-refractivity contribution is 5.94. The van der Waals surface area contributed by atoms with Gasteiger partial charge in [0.2, 0.25) is 5.91 Å². The number of rotatable bonds is 4. The normalized spacial score (nSPS) is 16.8. The van der Waals surface area contributed by atoms with E-state index in [4.69, 9.17) is 10.5 Å². The van der Waals surface area contributed by atoms with Crippen molar-refractivity contribution >= 4 is 33.5 Å². The molecule has 2 aromatic carbocycles. The summed E-state index contributed by atoms with van der Waals surface area (Å²) in [6.07, 6.45) is 2.18. The lowest BCUT2D eigenvalue weighted by molar-refractivity contribution is -0.119. The number of nitrogens with one attached hydrogen (secondary N) is 1. The molecule has 3 heterocycles. The number of hydrogen-bond acceptors (Lipinski definition) is 5. The number of nitrogens with zero attached hydrogens (tertiary/aromatic N) is 4. The molecule has 8 heteroatoms. The van der Waals surface area contributed by atoms with Crippen LogP contribution in [0.5, 0.6) is 0 Å². The summed E-state index contributed by atoms with van der Waals surface area (Å²) in [5.41, 5.74) is 11.3. The standard InChI is InChI=1S/C21H22N6O2/c1-26-19-7-13(12-3-4-18-16(6-12)21(22)25-27(18)2)5-14(17(19)10-24-26)11-29-15-8-20(28)23-9-15/h3-7,10,15H,8-9,11H2,1-2H3,(H2,22,25)(H,23,28)/t15-/m1/s1. The third-order valence-corrected chi connectivity index (χ3v) is 5.58. The zero-order chi connectivity index (χ0) is 20.1. The molecule has 148 valence electrons. The number of amides is 1. The van der Waals surface area contributed by atoms with Crippen molar-refractivity contribution in [2.24, 2.45) is 14.1 Å². The lowest BCUT2D eigenvalue weighted by atomic mass is 9.99. The molecule has 1 aliphatic rings. The van der Waals surface area contributed by atoms with Gasteiger partial charge < -0.3 is 15.8 Å². The topological polar surface area (TPSA) is 100.0 Å². The number of fused-ring (bicyclic) bond motifs is 2. The highest BCUT2D eigenvalue weighted by Gasteiger charge is 2.22. The Kier molecular flexibility index (Phi) is 4.02. The number of nitrogens with two attached hydrogens (primary N) is 1. The monoisotopic (exact) mass is 390 g/mol. The maximum atomic E-state index is 11.4. The Morgan fingerprint density at radius 1 is 1.14 bits per heavy atom. The number of nitrogen functional groups attached to an aromatic ring is 1. The van der Waals surface area contributed by atoms with Gasteiger partial charge in [-0.3, -0.25) is 14.2 Å². The Balaban J connectivity index is 1.56. The molecule has 8 nitrogen and oxygen atoms in total. The highest BCUT2D eigenvalue weighted by atomic mass is 16.5. The summed E-state index contributed by atoms with van der Waals surface area (Å²) in [5.74, 6) is 0.561. The van der Waals surface area contributed by atoms with Gasteiger partial charge in [-0.15, -0.1) is 0 Å². The molecule has 4 aromatic rings. The van der Waals surface area contributed by atoms with Crippen molar-refractivity contribution in [3.8, 4) is 11.1 Å². The van der Waals surface area contributed by atoms with E-state index in [1.165, 1.54) is 0 Å². The fourth-order valence-corrected chi connectivity index (χ4v) is 3.98. The van der Waals surface area contributed by atoms with Crippen LogP contribution in [-0.2, 0) is 30.2 Å². The van der Waals surface area contributed by atoms with Crippen LogP contribution in [0.25, 0.3) is 32.9 Å². The second-order valence-corrected chi connectivity index (χ2v) is 7.52. The first-order valence-electron chi connectivity index (χ1n) is 9.55. The van der Waals surface area contributed by atoms with Crippen molar-refractivity contribution < 1.29 is 9.53 Å². The van der Waals surface area contributed by atoms with Crippen LogP contribution in [-0.4, -0.2) is 38.1 Å². The maximum Gasteiger partial charge on any atom is 0.222 e. The summed E-state index contributed by atoms with van der Waals surface area (Å²) < 4.78 is 9.65. The van der Waals surface area contributed by atoms with Crippen LogP contribution in [0.15, 0.2) is 36.5 Å². The molecule has 2 aromatic heterocycles. The van der Waals surface area contributed by atoms with Crippen LogP contribution in [0.4, 0.5) is 5.82 Å². The minimum Gasteiger partial charge on any atom is -0.382 e. The molecule has 1 fully saturated rings. The minimum atomic E-state index is -0.0931. The third kappa shape index (κ3) is 3.01. The van der Waals surface area contributed by atoms with Crippen LogP contribution in [0.1, 0.15) is 12.0 Å². The number of anilines is 1. The van der Waals surface area contributed by atoms with Crippen LogP contribution in [0.2, 0.25) is 0 Å². The molecule has 1 amide bonds. The molecule has 0 saturated carbocycles. The maximum absolute atomic E-state index is 11.4. The van der Waals surface area contributed by atoms with Gasteiger partial charge in [0.1, 0.15) is 0 Å². The van der Waals surface area contributed by atoms with E-state index in [1.807, 2.05) is 31.0 Å². The van der Waals surface area contributed by atoms with E-state index in [0.29, 0.717) is 25.4 Å². The molecule has 1 saturated heterocycles. The second kappa shape index (κ2) is 6.59. The van der Waals surface area contributed by atoms with Crippen molar-refractivity contribution in [1.82, 2.24) is 24.9 Å². The van der Waals surface area contributed by atoms with Gasteiger partial charge in [0, 0.05) is 31.4 Å². The van der Waals surface area contributed by atoms with E-state index in [9.17, 15) is 4.79 Å². The lowest BCUT2D eigenvalue weighted by Crippen LogP contribution is -2.17. The molecule has 0 spiro atoms. The third-order valence-electron chi connectivity index (χ3n) is 5.58. The summed E-state index contributed by atoms with van der Waals surface area (Å²) in [5, 5.41) is 13.5. The number of hydrogen-bond donors (Lipinski definition) is 2. The number of aryl methyl sites for hydroxylation is 2. The molecule has 0 aliphatic carbocycles. The first kappa shape index (κ1) is 17.7. The van der Waals surface area contributed by atoms with E-state index < -0.39 is 0 Å². The summed E-state index contributed by atoms with van der Waals surface area (Å²) in [7, 11) is 3.82. The molecular weight excluding hydrogens is 368 g/mol. The van der Waals surface area contributed by atoms with Gasteiger partial charge in [0.15, 0.2) is 5.82 Å². The van der Waals surface area contributed by atoms with Gasteiger partial charge >= 0.3 is 0 Å². The molecule has 1 aliphatic heterocycles. The Hall–Kier alpha value is -3.39. The van der Waals surface area contributed by atoms with Gasteiger partial charge in [-0.2, -0.15) is 10.2 Å². The summed E-state index contributed by atoms with van der Waals surface area (Å²) in [6.45, 7) is 0.985. The predicted molar refractivity (Wildman–Crippen MR) is 111 cm³/mol. The fraction of sp³-hybridized carbons (Fsp3) is 0.286. The zero-order valence-electron chi connectivity index (χ0n) is 16.3. The average Bonchev–Trinajstić information content (AvgIpc) is 3.38. The number of benzene rings is 2. The summed E-state index contributed by atoms with van der Waals surface area (Å²) in [6, 6.07) is 10.4. The van der Waals surface area contributed by atoms with Crippen LogP contribution >= 0.6 is 0 Å². The highest BCUT2D eigenvalue weighted by Crippen LogP contribution is 2.31. The summed E-state index contributed by atoms with van der Waals surface area (Å²) >= 11 is 0. The molecule has 29 heavy (non-hydrogen) atoms. The largest absolute Gasteiger partial charge is 0.382 e. The Bertz CT molecular complexity index is 1260. The predicted octanol–water partition coefficient (Wildman–Crippen LogP) is 2.11. The Labute approximate surface area is 167 Å². The van der Waals surface area contributed by atoms with E-state index in [2.05, 4.69) is 39.8 Å². The molecule has 1 atom stereocenters. The first-order chi connectivity index (χ1) is 14.0. The molecule has 3 N–H and O–H groups in total. The van der Waals surface area contributed by atoms with E-state index in [0.717, 1.165) is 38.5 Å². The van der Waals surface area contributed by atoms with Gasteiger partial charge in [0.25, 0.3) is 0 Å². The zero-order valence-corrected chi connectivity index (χ0v) is 16.3. The van der Waals surface area contributed by atoms with Gasteiger partial charge in [0.05, 0.1) is 36.4 Å². The average molecular weight is 390 g/mol. The molecule has 0 radical (unpaired) electrons. The van der Waals surface area contributed by atoms with Crippen molar-refractivity contribution in [3.63, 3.8) is 0 Å². The van der Waals surface area contributed by atoms with Gasteiger partial charge in [-0.1, -0.05) is 6.07 Å². The quantitative estimate of drug-likeness (QED) is 0.556. The fourth-order valence-electron chi connectivity index (χ4n) is 3.98. The summed E-state index contributed by atoms with van der Waals surface area (Å²) in [4.78, 5) is 11.4. The van der Waals surface area contributed by atoms with E-state index in [1.54, 1.807) is 4.68 Å². The smallest absolute Gasteiger partial charge is 0.222 e. The first-order valence-corrected chi connectivity index (χ1v) is 9.55. The number of carbonyl (C=O) groups is 1. The van der Waals surface area contributed by atoms with Crippen molar-refractivity contribution in [2.75, 3.05) is 12.3 Å². The van der Waals surface area contributed by atoms with Crippen LogP contribution in [0.3, 0.4) is 0 Å². The van der Waals surface area contributed by atoms with E-state index >= 15 is 0 Å². The second-order valence-electron chi connectivity index (χ2n) is 7.52. The van der Waals surface area contributed by atoms with Crippen molar-refractivity contribution in [1.29, 1.82) is 0 Å². The molecular formula is C21H22N6O2. The number of carbonyl (C=O) groups excluding carboxylic acids is 1. The number of aromatic nitrogens is 4. The number of ether oxygens (including phenoxy) is 1. The Morgan fingerprint density at radius 2 is 2.00 bits per heavy atom. The van der Waals surface area contributed by atoms with Crippen LogP contribution in [0, 0.1) is 0 Å². The Morgan fingerprint density at radius 3 is 2.79 bits per heavy atom. The van der Waals surface area contributed by atoms with Gasteiger partial charge in [-0.05, 0) is 41.0 Å². The molecule has 0 unspecified atom stereocenters.